The lowest BCUT2D eigenvalue weighted by Gasteiger charge is -2.22. The first kappa shape index (κ1) is 11.5. The van der Waals surface area contributed by atoms with E-state index in [4.69, 9.17) is 27.9 Å². The zero-order chi connectivity index (χ0) is 11.7. The van der Waals surface area contributed by atoms with Crippen LogP contribution < -0.4 is 0 Å². The average Bonchev–Trinajstić information content (AvgIpc) is 2.23. The van der Waals surface area contributed by atoms with Gasteiger partial charge >= 0.3 is 0 Å². The van der Waals surface area contributed by atoms with Crippen LogP contribution in [0.5, 0.6) is 0 Å². The molecule has 0 radical (unpaired) electrons. The molecule has 0 aromatic heterocycles. The number of Topliss-reactive ketones (excluding diaryl/α,β-unsaturated/α-hetero) is 1. The molecule has 1 atom stereocenters. The molecule has 2 rings (SSSR count). The largest absolute Gasteiger partial charge is 0.492 e. The fourth-order valence-corrected chi connectivity index (χ4v) is 2.26. The Morgan fingerprint density at radius 3 is 2.50 bits per heavy atom. The van der Waals surface area contributed by atoms with Crippen LogP contribution in [0.1, 0.15) is 25.0 Å². The molecule has 0 spiro atoms. The zero-order valence-electron chi connectivity index (χ0n) is 8.67. The number of ether oxygens (including phenoxy) is 1. The Bertz CT molecular complexity index is 446. The van der Waals surface area contributed by atoms with Gasteiger partial charge in [0.15, 0.2) is 5.78 Å². The number of carbonyl (C=O) groups excluding carboxylic acids is 1. The average molecular weight is 257 g/mol. The molecule has 0 N–H and O–H groups in total. The summed E-state index contributed by atoms with van der Waals surface area (Å²) in [5, 5.41) is 1.05. The third-order valence-corrected chi connectivity index (χ3v) is 3.20. The monoisotopic (exact) mass is 256 g/mol. The van der Waals surface area contributed by atoms with Crippen LogP contribution in [0.4, 0.5) is 0 Å². The predicted octanol–water partition coefficient (Wildman–Crippen LogP) is 3.93. The first-order valence-electron chi connectivity index (χ1n) is 4.89. The number of carbonyl (C=O) groups is 1. The van der Waals surface area contributed by atoms with Crippen molar-refractivity contribution in [2.24, 2.45) is 0 Å². The van der Waals surface area contributed by atoms with Crippen molar-refractivity contribution in [1.29, 1.82) is 0 Å². The van der Waals surface area contributed by atoms with Gasteiger partial charge in [-0.2, -0.15) is 0 Å². The van der Waals surface area contributed by atoms with E-state index in [2.05, 4.69) is 0 Å². The van der Waals surface area contributed by atoms with Crippen molar-refractivity contribution < 1.29 is 9.53 Å². The Labute approximate surface area is 104 Å². The van der Waals surface area contributed by atoms with E-state index < -0.39 is 0 Å². The smallest absolute Gasteiger partial charge is 0.165 e. The molecule has 1 aliphatic heterocycles. The molecule has 0 saturated carbocycles. The summed E-state index contributed by atoms with van der Waals surface area (Å²) in [5.41, 5.74) is 1.31. The minimum atomic E-state index is -0.377. The van der Waals surface area contributed by atoms with Crippen molar-refractivity contribution in [2.75, 3.05) is 0 Å². The Morgan fingerprint density at radius 2 is 1.94 bits per heavy atom. The number of halogens is 2. The number of rotatable bonds is 1. The Balaban J connectivity index is 2.36. The Hall–Kier alpha value is -0.990. The molecule has 16 heavy (non-hydrogen) atoms. The molecular weight excluding hydrogens is 247 g/mol. The van der Waals surface area contributed by atoms with Crippen LogP contribution in [-0.4, -0.2) is 5.78 Å². The lowest BCUT2D eigenvalue weighted by atomic mass is 9.99. The van der Waals surface area contributed by atoms with Gasteiger partial charge in [-0.3, -0.25) is 4.79 Å². The van der Waals surface area contributed by atoms with E-state index >= 15 is 0 Å². The summed E-state index contributed by atoms with van der Waals surface area (Å²) in [6.45, 7) is 1.73. The lowest BCUT2D eigenvalue weighted by molar-refractivity contribution is -0.119. The van der Waals surface area contributed by atoms with Gasteiger partial charge in [0.25, 0.3) is 0 Å². The quantitative estimate of drug-likeness (QED) is 0.761. The van der Waals surface area contributed by atoms with Crippen molar-refractivity contribution in [3.05, 3.63) is 45.6 Å². The molecule has 0 amide bonds. The van der Waals surface area contributed by atoms with Crippen molar-refractivity contribution in [2.45, 2.75) is 19.4 Å². The maximum Gasteiger partial charge on any atom is 0.165 e. The molecule has 0 aliphatic carbocycles. The van der Waals surface area contributed by atoms with E-state index in [-0.39, 0.29) is 18.3 Å². The van der Waals surface area contributed by atoms with Gasteiger partial charge in [-0.1, -0.05) is 29.3 Å². The maximum atomic E-state index is 11.6. The van der Waals surface area contributed by atoms with Gasteiger partial charge in [0, 0.05) is 21.2 Å². The van der Waals surface area contributed by atoms with Crippen molar-refractivity contribution >= 4 is 29.0 Å². The molecule has 0 saturated heterocycles. The van der Waals surface area contributed by atoms with Crippen LogP contribution in [0.25, 0.3) is 0 Å². The first-order chi connectivity index (χ1) is 7.59. The van der Waals surface area contributed by atoms with Crippen LogP contribution >= 0.6 is 23.2 Å². The number of allylic oxidation sites excluding steroid dienone is 1. The van der Waals surface area contributed by atoms with E-state index in [9.17, 15) is 4.79 Å². The van der Waals surface area contributed by atoms with E-state index in [1.165, 1.54) is 6.26 Å². The van der Waals surface area contributed by atoms with Gasteiger partial charge in [-0.15, -0.1) is 0 Å². The summed E-state index contributed by atoms with van der Waals surface area (Å²) in [6, 6.07) is 5.24. The van der Waals surface area contributed by atoms with E-state index in [1.807, 2.05) is 0 Å². The summed E-state index contributed by atoms with van der Waals surface area (Å²) in [4.78, 5) is 11.6. The maximum absolute atomic E-state index is 11.6. The molecule has 1 aromatic rings. The second-order valence-electron chi connectivity index (χ2n) is 3.69. The van der Waals surface area contributed by atoms with Crippen molar-refractivity contribution in [1.82, 2.24) is 0 Å². The van der Waals surface area contributed by atoms with Crippen molar-refractivity contribution in [3.63, 3.8) is 0 Å². The van der Waals surface area contributed by atoms with Crippen LogP contribution in [0.15, 0.2) is 30.0 Å². The highest BCUT2D eigenvalue weighted by molar-refractivity contribution is 6.36. The minimum absolute atomic E-state index is 0.0623. The van der Waals surface area contributed by atoms with E-state index in [1.54, 1.807) is 25.1 Å². The highest BCUT2D eigenvalue weighted by atomic mass is 35.5. The summed E-state index contributed by atoms with van der Waals surface area (Å²) in [6.07, 6.45) is 1.37. The van der Waals surface area contributed by atoms with Gasteiger partial charge in [-0.05, 0) is 19.1 Å². The molecule has 1 aliphatic rings. The van der Waals surface area contributed by atoms with Crippen LogP contribution in [0.2, 0.25) is 10.0 Å². The second-order valence-corrected chi connectivity index (χ2v) is 4.50. The van der Waals surface area contributed by atoms with Gasteiger partial charge < -0.3 is 4.74 Å². The molecular formula is C12H10Cl2O2. The highest BCUT2D eigenvalue weighted by Crippen LogP contribution is 2.36. The van der Waals surface area contributed by atoms with Crippen LogP contribution in [0.3, 0.4) is 0 Å². The SMILES string of the molecule is CC1=COC(c2c(Cl)cccc2Cl)CC1=O. The molecule has 84 valence electrons. The lowest BCUT2D eigenvalue weighted by Crippen LogP contribution is -2.15. The molecule has 1 aromatic carbocycles. The number of hydrogen-bond donors (Lipinski definition) is 0. The summed E-state index contributed by atoms with van der Waals surface area (Å²) < 4.78 is 5.46. The molecule has 4 heteroatoms. The summed E-state index contributed by atoms with van der Waals surface area (Å²) in [7, 11) is 0. The number of benzene rings is 1. The fourth-order valence-electron chi connectivity index (χ4n) is 1.62. The standard InChI is InChI=1S/C12H10Cl2O2/c1-7-6-16-11(5-10(7)15)12-8(13)3-2-4-9(12)14/h2-4,6,11H,5H2,1H3. The molecule has 0 bridgehead atoms. The molecule has 1 unspecified atom stereocenters. The summed E-state index contributed by atoms with van der Waals surface area (Å²) >= 11 is 12.1. The topological polar surface area (TPSA) is 26.3 Å². The minimum Gasteiger partial charge on any atom is -0.492 e. The van der Waals surface area contributed by atoms with Crippen molar-refractivity contribution in [3.8, 4) is 0 Å². The second kappa shape index (κ2) is 4.48. The fraction of sp³-hybridized carbons (Fsp3) is 0.250. The van der Waals surface area contributed by atoms with Gasteiger partial charge in [0.2, 0.25) is 0 Å². The highest BCUT2D eigenvalue weighted by Gasteiger charge is 2.25. The Kier molecular flexibility index (Phi) is 3.22. The summed E-state index contributed by atoms with van der Waals surface area (Å²) in [5.74, 6) is 0.0623. The van der Waals surface area contributed by atoms with Gasteiger partial charge in [0.1, 0.15) is 6.10 Å². The third kappa shape index (κ3) is 2.08. The molecule has 0 fully saturated rings. The first-order valence-corrected chi connectivity index (χ1v) is 5.64. The molecule has 1 heterocycles. The van der Waals surface area contributed by atoms with Gasteiger partial charge in [0.05, 0.1) is 12.7 Å². The van der Waals surface area contributed by atoms with Crippen LogP contribution in [-0.2, 0) is 9.53 Å². The number of ketones is 1. The van der Waals surface area contributed by atoms with Crippen LogP contribution in [0, 0.1) is 0 Å². The normalized spacial score (nSPS) is 20.3. The third-order valence-electron chi connectivity index (χ3n) is 2.54. The van der Waals surface area contributed by atoms with E-state index in [0.29, 0.717) is 21.2 Å². The molecule has 2 nitrogen and oxygen atoms in total. The zero-order valence-corrected chi connectivity index (χ0v) is 10.2. The Morgan fingerprint density at radius 1 is 1.31 bits per heavy atom. The number of hydrogen-bond acceptors (Lipinski definition) is 2. The van der Waals surface area contributed by atoms with Gasteiger partial charge in [-0.25, -0.2) is 0 Å². The van der Waals surface area contributed by atoms with E-state index in [0.717, 1.165) is 0 Å². The predicted molar refractivity (Wildman–Crippen MR) is 63.7 cm³/mol.